The fraction of sp³-hybridized carbons (Fsp3) is 0.588. The molecule has 3 nitrogen and oxygen atoms in total. The summed E-state index contributed by atoms with van der Waals surface area (Å²) in [6.45, 7) is 1.12. The van der Waals surface area contributed by atoms with Gasteiger partial charge in [-0.3, -0.25) is 9.69 Å². The second kappa shape index (κ2) is 6.84. The zero-order valence-electron chi connectivity index (χ0n) is 12.3. The molecule has 3 rings (SSSR count). The van der Waals surface area contributed by atoms with E-state index >= 15 is 0 Å². The van der Waals surface area contributed by atoms with Crippen molar-refractivity contribution in [1.82, 2.24) is 4.90 Å². The van der Waals surface area contributed by atoms with Gasteiger partial charge in [0.15, 0.2) is 0 Å². The largest absolute Gasteiger partial charge is 0.481 e. The van der Waals surface area contributed by atoms with Crippen molar-refractivity contribution in [3.8, 4) is 0 Å². The number of carboxylic acids is 1. The summed E-state index contributed by atoms with van der Waals surface area (Å²) in [5, 5.41) is 8.98. The van der Waals surface area contributed by atoms with Crippen molar-refractivity contribution in [2.75, 3.05) is 12.3 Å². The number of piperidine rings is 1. The molecule has 2 atom stereocenters. The molecule has 0 amide bonds. The molecule has 0 aromatic heterocycles. The number of thioether (sulfide) groups is 1. The van der Waals surface area contributed by atoms with Crippen LogP contribution in [0, 0.1) is 0 Å². The lowest BCUT2D eigenvalue weighted by Crippen LogP contribution is -2.43. The van der Waals surface area contributed by atoms with Crippen molar-refractivity contribution in [2.24, 2.45) is 0 Å². The molecule has 0 aliphatic carbocycles. The first-order valence-electron chi connectivity index (χ1n) is 7.95. The Balaban J connectivity index is 1.79. The third-order valence-electron chi connectivity index (χ3n) is 4.69. The fourth-order valence-corrected chi connectivity index (χ4v) is 4.81. The molecule has 1 fully saturated rings. The molecular formula is C17H23NO2S. The van der Waals surface area contributed by atoms with Crippen LogP contribution in [0.25, 0.3) is 0 Å². The monoisotopic (exact) mass is 305 g/mol. The normalized spacial score (nSPS) is 26.3. The Kier molecular flexibility index (Phi) is 4.86. The van der Waals surface area contributed by atoms with Crippen LogP contribution in [0.2, 0.25) is 0 Å². The zero-order valence-corrected chi connectivity index (χ0v) is 13.1. The van der Waals surface area contributed by atoms with Gasteiger partial charge in [0.25, 0.3) is 0 Å². The first kappa shape index (κ1) is 14.9. The van der Waals surface area contributed by atoms with Crippen LogP contribution in [0.5, 0.6) is 0 Å². The highest BCUT2D eigenvalue weighted by Crippen LogP contribution is 2.41. The van der Waals surface area contributed by atoms with Crippen LogP contribution in [0.15, 0.2) is 29.2 Å². The lowest BCUT2D eigenvalue weighted by molar-refractivity contribution is -0.137. The standard InChI is InChI=1S/C17H23NO2S/c19-17(20)9-8-13-5-3-4-11-18(13)15-10-12-21-16-7-2-1-6-14(15)16/h1-2,6-7,13,15H,3-5,8-12H2,(H,19,20). The van der Waals surface area contributed by atoms with Crippen LogP contribution in [-0.4, -0.2) is 34.3 Å². The first-order valence-corrected chi connectivity index (χ1v) is 8.93. The molecule has 21 heavy (non-hydrogen) atoms. The number of carbonyl (C=O) groups is 1. The van der Waals surface area contributed by atoms with Gasteiger partial charge >= 0.3 is 5.97 Å². The minimum atomic E-state index is -0.667. The highest BCUT2D eigenvalue weighted by atomic mass is 32.2. The molecule has 1 aromatic carbocycles. The van der Waals surface area contributed by atoms with E-state index in [1.165, 1.54) is 35.5 Å². The lowest BCUT2D eigenvalue weighted by Gasteiger charge is -2.43. The van der Waals surface area contributed by atoms with Crippen LogP contribution in [-0.2, 0) is 4.79 Å². The topological polar surface area (TPSA) is 40.5 Å². The van der Waals surface area contributed by atoms with Gasteiger partial charge in [-0.05, 0) is 49.6 Å². The molecule has 114 valence electrons. The Labute approximate surface area is 130 Å². The summed E-state index contributed by atoms with van der Waals surface area (Å²) in [6.07, 6.45) is 5.91. The number of hydrogen-bond donors (Lipinski definition) is 1. The van der Waals surface area contributed by atoms with E-state index in [0.29, 0.717) is 18.5 Å². The maximum atomic E-state index is 10.9. The molecule has 0 saturated carbocycles. The summed E-state index contributed by atoms with van der Waals surface area (Å²) >= 11 is 1.96. The Morgan fingerprint density at radius 3 is 3.00 bits per heavy atom. The van der Waals surface area contributed by atoms with Gasteiger partial charge in [-0.25, -0.2) is 0 Å². The number of aliphatic carboxylic acids is 1. The molecule has 1 N–H and O–H groups in total. The molecule has 4 heteroatoms. The van der Waals surface area contributed by atoms with Gasteiger partial charge in [0.2, 0.25) is 0 Å². The number of benzene rings is 1. The second-order valence-electron chi connectivity index (χ2n) is 6.01. The van der Waals surface area contributed by atoms with E-state index in [0.717, 1.165) is 19.4 Å². The summed E-state index contributed by atoms with van der Waals surface area (Å²) in [5.74, 6) is 0.504. The van der Waals surface area contributed by atoms with E-state index in [-0.39, 0.29) is 0 Å². The van der Waals surface area contributed by atoms with Crippen LogP contribution in [0.3, 0.4) is 0 Å². The predicted molar refractivity (Wildman–Crippen MR) is 85.7 cm³/mol. The summed E-state index contributed by atoms with van der Waals surface area (Å²) < 4.78 is 0. The first-order chi connectivity index (χ1) is 10.3. The van der Waals surface area contributed by atoms with Gasteiger partial charge in [-0.2, -0.15) is 0 Å². The number of rotatable bonds is 4. The third kappa shape index (κ3) is 3.43. The highest BCUT2D eigenvalue weighted by molar-refractivity contribution is 7.99. The molecule has 0 bridgehead atoms. The van der Waals surface area contributed by atoms with Crippen LogP contribution in [0.1, 0.15) is 50.1 Å². The lowest BCUT2D eigenvalue weighted by atomic mass is 9.92. The van der Waals surface area contributed by atoms with Gasteiger partial charge in [-0.1, -0.05) is 24.6 Å². The third-order valence-corrected chi connectivity index (χ3v) is 5.81. The fourth-order valence-electron chi connectivity index (χ4n) is 3.70. The van der Waals surface area contributed by atoms with Gasteiger partial charge in [0.1, 0.15) is 0 Å². The van der Waals surface area contributed by atoms with E-state index in [2.05, 4.69) is 29.2 Å². The Morgan fingerprint density at radius 1 is 1.29 bits per heavy atom. The molecule has 2 unspecified atom stereocenters. The van der Waals surface area contributed by atoms with Crippen molar-refractivity contribution < 1.29 is 9.90 Å². The van der Waals surface area contributed by atoms with Crippen molar-refractivity contribution in [1.29, 1.82) is 0 Å². The summed E-state index contributed by atoms with van der Waals surface area (Å²) in [6, 6.07) is 9.66. The maximum Gasteiger partial charge on any atom is 0.303 e. The minimum Gasteiger partial charge on any atom is -0.481 e. The highest BCUT2D eigenvalue weighted by Gasteiger charge is 2.32. The smallest absolute Gasteiger partial charge is 0.303 e. The van der Waals surface area contributed by atoms with Crippen LogP contribution in [0.4, 0.5) is 0 Å². The number of carboxylic acid groups (broad SMARTS) is 1. The molecule has 0 spiro atoms. The van der Waals surface area contributed by atoms with E-state index in [1.807, 2.05) is 11.8 Å². The average Bonchev–Trinajstić information content (AvgIpc) is 2.53. The van der Waals surface area contributed by atoms with E-state index in [1.54, 1.807) is 0 Å². The Bertz CT molecular complexity index is 505. The molecule has 1 aromatic rings. The van der Waals surface area contributed by atoms with E-state index in [9.17, 15) is 4.79 Å². The molecule has 2 aliphatic heterocycles. The van der Waals surface area contributed by atoms with Crippen molar-refractivity contribution in [2.45, 2.75) is 55.5 Å². The Morgan fingerprint density at radius 2 is 2.14 bits per heavy atom. The molecular weight excluding hydrogens is 282 g/mol. The number of likely N-dealkylation sites (tertiary alicyclic amines) is 1. The number of nitrogens with zero attached hydrogens (tertiary/aromatic N) is 1. The van der Waals surface area contributed by atoms with Crippen molar-refractivity contribution in [3.05, 3.63) is 29.8 Å². The van der Waals surface area contributed by atoms with Gasteiger partial charge in [0.05, 0.1) is 0 Å². The molecule has 0 radical (unpaired) electrons. The minimum absolute atomic E-state index is 0.296. The second-order valence-corrected chi connectivity index (χ2v) is 7.15. The summed E-state index contributed by atoms with van der Waals surface area (Å²) in [5.41, 5.74) is 1.45. The SMILES string of the molecule is O=C(O)CCC1CCCCN1C1CCSc2ccccc21. The average molecular weight is 305 g/mol. The number of hydrogen-bond acceptors (Lipinski definition) is 3. The summed E-state index contributed by atoms with van der Waals surface area (Å²) in [4.78, 5) is 14.9. The Hall–Kier alpha value is -1.00. The quantitative estimate of drug-likeness (QED) is 0.914. The summed E-state index contributed by atoms with van der Waals surface area (Å²) in [7, 11) is 0. The molecule has 2 heterocycles. The van der Waals surface area contributed by atoms with Crippen LogP contribution >= 0.6 is 11.8 Å². The van der Waals surface area contributed by atoms with Gasteiger partial charge in [-0.15, -0.1) is 11.8 Å². The predicted octanol–water partition coefficient (Wildman–Crippen LogP) is 3.94. The van der Waals surface area contributed by atoms with E-state index < -0.39 is 5.97 Å². The van der Waals surface area contributed by atoms with Crippen molar-refractivity contribution in [3.63, 3.8) is 0 Å². The molecule has 1 saturated heterocycles. The van der Waals surface area contributed by atoms with Crippen LogP contribution < -0.4 is 0 Å². The van der Waals surface area contributed by atoms with Gasteiger partial charge in [0, 0.05) is 23.4 Å². The van der Waals surface area contributed by atoms with E-state index in [4.69, 9.17) is 5.11 Å². The maximum absolute atomic E-state index is 10.9. The van der Waals surface area contributed by atoms with Gasteiger partial charge < -0.3 is 5.11 Å². The zero-order chi connectivity index (χ0) is 14.7. The van der Waals surface area contributed by atoms with Crippen molar-refractivity contribution >= 4 is 17.7 Å². The number of fused-ring (bicyclic) bond motifs is 1. The molecule has 2 aliphatic rings.